The Morgan fingerprint density at radius 1 is 0.531 bits per heavy atom. The predicted molar refractivity (Wildman–Crippen MR) is 171 cm³/mol. The average Bonchev–Trinajstić information content (AvgIpc) is 3.74. The van der Waals surface area contributed by atoms with Crippen LogP contribution in [0.3, 0.4) is 0 Å². The number of aromatic nitrogens is 6. The minimum atomic E-state index is -1.46. The van der Waals surface area contributed by atoms with E-state index < -0.39 is 91.2 Å². The summed E-state index contributed by atoms with van der Waals surface area (Å²) in [7, 11) is 0. The first kappa shape index (κ1) is 38.0. The van der Waals surface area contributed by atoms with Crippen molar-refractivity contribution in [3.05, 3.63) is 23.8 Å². The molecule has 19 nitrogen and oxygen atoms in total. The van der Waals surface area contributed by atoms with Crippen molar-refractivity contribution in [1.82, 2.24) is 30.0 Å². The molecule has 3 fully saturated rings. The van der Waals surface area contributed by atoms with Gasteiger partial charge in [0.05, 0.1) is 35.7 Å². The molecule has 0 aromatic carbocycles. The van der Waals surface area contributed by atoms with Gasteiger partial charge in [0.25, 0.3) is 0 Å². The molecule has 0 saturated heterocycles. The van der Waals surface area contributed by atoms with Crippen molar-refractivity contribution >= 4 is 0 Å². The largest absolute Gasteiger partial charge is 0.389 e. The Morgan fingerprint density at radius 3 is 1.35 bits per heavy atom. The van der Waals surface area contributed by atoms with Crippen molar-refractivity contribution in [2.24, 2.45) is 22.9 Å². The molecule has 15 N–H and O–H groups in total. The van der Waals surface area contributed by atoms with Gasteiger partial charge in [-0.05, 0) is 57.8 Å². The van der Waals surface area contributed by atoms with Crippen LogP contribution in [0, 0.1) is 0 Å². The lowest BCUT2D eigenvalue weighted by Crippen LogP contribution is -2.62. The van der Waals surface area contributed by atoms with Gasteiger partial charge in [-0.2, -0.15) is 0 Å². The maximum atomic E-state index is 10.8. The van der Waals surface area contributed by atoms with E-state index in [1.807, 2.05) is 0 Å². The average molecular weight is 699 g/mol. The van der Waals surface area contributed by atoms with E-state index in [2.05, 4.69) is 20.6 Å². The number of unbranched alkanes of at least 4 members (excludes halogenated alkanes) is 2. The first-order valence-electron chi connectivity index (χ1n) is 17.2. The highest BCUT2D eigenvalue weighted by Crippen LogP contribution is 2.36. The van der Waals surface area contributed by atoms with E-state index in [0.717, 1.165) is 0 Å². The summed E-state index contributed by atoms with van der Waals surface area (Å²) >= 11 is 0. The van der Waals surface area contributed by atoms with E-state index in [4.69, 9.17) is 32.4 Å². The van der Waals surface area contributed by atoms with Crippen LogP contribution in [0.2, 0.25) is 0 Å². The van der Waals surface area contributed by atoms with E-state index >= 15 is 0 Å². The summed E-state index contributed by atoms with van der Waals surface area (Å²) in [6.07, 6.45) is -1.76. The fourth-order valence-electron chi connectivity index (χ4n) is 7.17. The van der Waals surface area contributed by atoms with Crippen LogP contribution in [0.15, 0.2) is 12.4 Å². The molecular weight excluding hydrogens is 644 g/mol. The maximum Gasteiger partial charge on any atom is 0.110 e. The highest BCUT2D eigenvalue weighted by molar-refractivity contribution is 5.03. The highest BCUT2D eigenvalue weighted by Gasteiger charge is 2.46. The zero-order valence-corrected chi connectivity index (χ0v) is 27.5. The molecule has 19 heteroatoms. The number of rotatable bonds is 14. The number of nitrogens with zero attached hydrogens (tertiary/aromatic N) is 6. The Morgan fingerprint density at radius 2 is 0.939 bits per heavy atom. The molecule has 0 aliphatic heterocycles. The molecule has 2 aromatic rings. The van der Waals surface area contributed by atoms with Crippen LogP contribution in [0.5, 0.6) is 0 Å². The van der Waals surface area contributed by atoms with E-state index in [1.54, 1.807) is 12.4 Å². The highest BCUT2D eigenvalue weighted by atomic mass is 16.5. The van der Waals surface area contributed by atoms with Crippen LogP contribution in [-0.2, 0) is 22.3 Å². The van der Waals surface area contributed by atoms with Crippen molar-refractivity contribution < 1.29 is 45.2 Å². The summed E-state index contributed by atoms with van der Waals surface area (Å²) in [5, 5.41) is 89.8. The molecule has 49 heavy (non-hydrogen) atoms. The quantitative estimate of drug-likeness (QED) is 0.0824. The fourth-order valence-corrected chi connectivity index (χ4v) is 7.17. The molecule has 0 bridgehead atoms. The van der Waals surface area contributed by atoms with Gasteiger partial charge in [-0.15, -0.1) is 10.2 Å². The normalized spacial score (nSPS) is 40.1. The third-order valence-corrected chi connectivity index (χ3v) is 10.2. The summed E-state index contributed by atoms with van der Waals surface area (Å²) < 4.78 is 14.5. The van der Waals surface area contributed by atoms with Crippen LogP contribution in [0.4, 0.5) is 0 Å². The van der Waals surface area contributed by atoms with Crippen LogP contribution in [0.1, 0.15) is 68.4 Å². The van der Waals surface area contributed by atoms with Gasteiger partial charge in [0.2, 0.25) is 0 Å². The first-order valence-corrected chi connectivity index (χ1v) is 17.2. The molecule has 3 aliphatic rings. The van der Waals surface area contributed by atoms with Gasteiger partial charge in [-0.1, -0.05) is 10.4 Å². The second-order valence-electron chi connectivity index (χ2n) is 13.9. The van der Waals surface area contributed by atoms with Gasteiger partial charge in [0, 0.05) is 49.8 Å². The Bertz CT molecular complexity index is 1210. The lowest BCUT2D eigenvalue weighted by atomic mass is 9.84. The minimum absolute atomic E-state index is 0.214. The number of ether oxygens (including phenoxy) is 2. The van der Waals surface area contributed by atoms with Gasteiger partial charge < -0.3 is 68.2 Å². The molecule has 0 spiro atoms. The Balaban J connectivity index is 1.07. The molecule has 15 atom stereocenters. The van der Waals surface area contributed by atoms with Crippen molar-refractivity contribution in [1.29, 1.82) is 0 Å². The minimum Gasteiger partial charge on any atom is -0.389 e. The van der Waals surface area contributed by atoms with Gasteiger partial charge in [0.1, 0.15) is 42.7 Å². The Hall–Kier alpha value is -2.24. The van der Waals surface area contributed by atoms with E-state index in [9.17, 15) is 35.7 Å². The molecule has 2 heterocycles. The SMILES string of the molecule is N[C@@H]1C[C@H](N)[C@@H](OCCCCc2cn([C@@H]3C[C@H](n4cc(CCCCO[C@H]5[C@H](O)[C@@H](O)[C@H](N)C[C@@H]5N)nn4)[C@@H](O)C(O)[C@H]3O)nn2)[C@H](O)[C@H]1O. The number of nitrogens with two attached hydrogens (primary N) is 4. The first-order chi connectivity index (χ1) is 23.4. The van der Waals surface area contributed by atoms with Crippen molar-refractivity contribution in [3.63, 3.8) is 0 Å². The van der Waals surface area contributed by atoms with E-state index in [0.29, 0.717) is 76.0 Å². The third-order valence-electron chi connectivity index (χ3n) is 10.2. The summed E-state index contributed by atoms with van der Waals surface area (Å²) in [6, 6.07) is -3.48. The van der Waals surface area contributed by atoms with Crippen molar-refractivity contribution in [2.45, 2.75) is 149 Å². The molecule has 3 saturated carbocycles. The van der Waals surface area contributed by atoms with Gasteiger partial charge in [-0.3, -0.25) is 0 Å². The number of aliphatic hydroxyl groups is 7. The van der Waals surface area contributed by atoms with Crippen LogP contribution >= 0.6 is 0 Å². The number of hydrogen-bond acceptors (Lipinski definition) is 17. The second kappa shape index (κ2) is 16.9. The van der Waals surface area contributed by atoms with Crippen molar-refractivity contribution in [2.75, 3.05) is 13.2 Å². The number of aryl methyl sites for hydroxylation is 2. The smallest absolute Gasteiger partial charge is 0.110 e. The lowest BCUT2D eigenvalue weighted by molar-refractivity contribution is -0.130. The topological polar surface area (TPSA) is 326 Å². The lowest BCUT2D eigenvalue weighted by Gasteiger charge is -2.40. The molecular formula is C30H54N10O9. The predicted octanol–water partition coefficient (Wildman–Crippen LogP) is -4.89. The zero-order valence-electron chi connectivity index (χ0n) is 27.5. The van der Waals surface area contributed by atoms with Gasteiger partial charge in [0.15, 0.2) is 0 Å². The summed E-state index contributed by atoms with van der Waals surface area (Å²) in [5.74, 6) is 0. The van der Waals surface area contributed by atoms with E-state index in [-0.39, 0.29) is 6.42 Å². The molecule has 3 aliphatic carbocycles. The molecule has 1 unspecified atom stereocenters. The van der Waals surface area contributed by atoms with Crippen LogP contribution in [0.25, 0.3) is 0 Å². The van der Waals surface area contributed by atoms with Crippen molar-refractivity contribution in [3.8, 4) is 0 Å². The van der Waals surface area contributed by atoms with Crippen LogP contribution in [-0.4, -0.2) is 158 Å². The molecule has 278 valence electrons. The monoisotopic (exact) mass is 698 g/mol. The molecule has 0 amide bonds. The van der Waals surface area contributed by atoms with E-state index in [1.165, 1.54) is 9.36 Å². The Kier molecular flexibility index (Phi) is 13.1. The molecule has 5 rings (SSSR count). The van der Waals surface area contributed by atoms with Crippen LogP contribution < -0.4 is 22.9 Å². The number of aliphatic hydroxyl groups excluding tert-OH is 7. The molecule has 0 radical (unpaired) electrons. The standard InChI is InChI=1S/C30H54N10O9/c31-16-9-18(33)29(27(46)22(16)41)48-7-3-1-5-14-12-39(37-35-14)20-11-21(25(44)26(45)24(20)43)40-13-15(36-38-40)6-2-4-8-49-30-19(34)10-17(32)23(42)28(30)47/h12-13,16-30,41-47H,1-11,31-34H2/t16-,17-,18+,19+,20-,21+,22+,23+,24+,25-,26?,27-,28-,29-,30-/m1/s1. The summed E-state index contributed by atoms with van der Waals surface area (Å²) in [6.45, 7) is 0.651. The van der Waals surface area contributed by atoms with Gasteiger partial charge in [-0.25, -0.2) is 9.36 Å². The Labute approximate surface area is 284 Å². The summed E-state index contributed by atoms with van der Waals surface area (Å²) in [4.78, 5) is 0. The van der Waals surface area contributed by atoms with Gasteiger partial charge >= 0.3 is 0 Å². The zero-order chi connectivity index (χ0) is 35.4. The third kappa shape index (κ3) is 8.80. The fraction of sp³-hybridized carbons (Fsp3) is 0.867. The number of hydrogen-bond donors (Lipinski definition) is 11. The summed E-state index contributed by atoms with van der Waals surface area (Å²) in [5.41, 5.74) is 25.1. The second-order valence-corrected chi connectivity index (χ2v) is 13.9. The molecule has 2 aromatic heterocycles. The maximum absolute atomic E-state index is 10.8.